The monoisotopic (exact) mass is 505 g/mol. The van der Waals surface area contributed by atoms with E-state index in [-0.39, 0.29) is 30.8 Å². The van der Waals surface area contributed by atoms with Crippen molar-refractivity contribution in [2.45, 2.75) is 20.0 Å². The van der Waals surface area contributed by atoms with Crippen LogP contribution < -0.4 is 20.1 Å². The average molecular weight is 505 g/mol. The fraction of sp³-hybridized carbons (Fsp3) is 0.238. The quantitative estimate of drug-likeness (QED) is 0.305. The molecule has 152 valence electrons. The van der Waals surface area contributed by atoms with E-state index in [9.17, 15) is 0 Å². The van der Waals surface area contributed by atoms with Crippen molar-refractivity contribution in [3.63, 3.8) is 0 Å². The predicted molar refractivity (Wildman–Crippen MR) is 123 cm³/mol. The molecule has 0 spiro atoms. The van der Waals surface area contributed by atoms with Gasteiger partial charge >= 0.3 is 0 Å². The first kappa shape index (κ1) is 21.0. The summed E-state index contributed by atoms with van der Waals surface area (Å²) in [5, 5.41) is 6.70. The fourth-order valence-electron chi connectivity index (χ4n) is 3.04. The molecule has 0 fully saturated rings. The molecule has 0 radical (unpaired) electrons. The highest BCUT2D eigenvalue weighted by Crippen LogP contribution is 2.32. The first-order valence-electron chi connectivity index (χ1n) is 9.30. The highest BCUT2D eigenvalue weighted by molar-refractivity contribution is 14.0. The van der Waals surface area contributed by atoms with Crippen LogP contribution in [0.15, 0.2) is 66.2 Å². The number of halogens is 1. The molecule has 2 aromatic carbocycles. The maximum absolute atomic E-state index is 5.44. The number of aromatic nitrogens is 2. The summed E-state index contributed by atoms with van der Waals surface area (Å²) in [5.74, 6) is 2.33. The third kappa shape index (κ3) is 5.20. The summed E-state index contributed by atoms with van der Waals surface area (Å²) in [6.45, 7) is 4.33. The molecule has 2 N–H and O–H groups in total. The van der Waals surface area contributed by atoms with E-state index in [0.29, 0.717) is 13.1 Å². The Hall–Kier alpha value is -2.75. The second-order valence-electron chi connectivity index (χ2n) is 6.33. The van der Waals surface area contributed by atoms with Gasteiger partial charge < -0.3 is 24.7 Å². The van der Waals surface area contributed by atoms with Gasteiger partial charge in [-0.2, -0.15) is 0 Å². The molecule has 8 heteroatoms. The van der Waals surface area contributed by atoms with Crippen LogP contribution in [0.3, 0.4) is 0 Å². The Morgan fingerprint density at radius 2 is 2.00 bits per heavy atom. The van der Waals surface area contributed by atoms with Gasteiger partial charge in [0.05, 0.1) is 18.6 Å². The summed E-state index contributed by atoms with van der Waals surface area (Å²) in [6.07, 6.45) is 5.52. The lowest BCUT2D eigenvalue weighted by Crippen LogP contribution is -2.37. The normalized spacial score (nSPS) is 12.4. The van der Waals surface area contributed by atoms with Gasteiger partial charge in [-0.25, -0.2) is 9.98 Å². The molecular formula is C21H24IN5O2. The van der Waals surface area contributed by atoms with Gasteiger partial charge in [-0.1, -0.05) is 24.3 Å². The molecule has 0 bridgehead atoms. The topological polar surface area (TPSA) is 72.7 Å². The number of hydrogen-bond acceptors (Lipinski definition) is 4. The molecule has 0 amide bonds. The van der Waals surface area contributed by atoms with Crippen molar-refractivity contribution in [2.24, 2.45) is 4.99 Å². The van der Waals surface area contributed by atoms with Gasteiger partial charge in [-0.05, 0) is 36.2 Å². The molecule has 1 aromatic heterocycles. The standard InChI is InChI=1S/C21H23N5O2.HI/c1-2-23-21(24-12-16-7-8-19-20(11-16)28-15-27-19)25-13-17-5-3-4-6-18(17)26-10-9-22-14-26;/h3-11,14H,2,12-13,15H2,1H3,(H2,23,24,25);1H. The van der Waals surface area contributed by atoms with E-state index in [2.05, 4.69) is 34.7 Å². The molecule has 3 aromatic rings. The Labute approximate surface area is 187 Å². The van der Waals surface area contributed by atoms with Crippen molar-refractivity contribution in [1.82, 2.24) is 20.2 Å². The van der Waals surface area contributed by atoms with Crippen LogP contribution in [-0.4, -0.2) is 28.8 Å². The summed E-state index contributed by atoms with van der Waals surface area (Å²) < 4.78 is 12.8. The van der Waals surface area contributed by atoms with Crippen LogP contribution in [0.5, 0.6) is 11.5 Å². The largest absolute Gasteiger partial charge is 0.454 e. The molecule has 4 rings (SSSR count). The van der Waals surface area contributed by atoms with Crippen LogP contribution in [0.25, 0.3) is 5.69 Å². The second kappa shape index (κ2) is 10.1. The molecule has 29 heavy (non-hydrogen) atoms. The van der Waals surface area contributed by atoms with Crippen LogP contribution in [0.1, 0.15) is 18.1 Å². The summed E-state index contributed by atoms with van der Waals surface area (Å²) in [6, 6.07) is 14.2. The third-order valence-corrected chi connectivity index (χ3v) is 4.42. The van der Waals surface area contributed by atoms with Gasteiger partial charge in [0.2, 0.25) is 6.79 Å². The number of fused-ring (bicyclic) bond motifs is 1. The highest BCUT2D eigenvalue weighted by Gasteiger charge is 2.13. The third-order valence-electron chi connectivity index (χ3n) is 4.42. The Bertz CT molecular complexity index is 959. The smallest absolute Gasteiger partial charge is 0.231 e. The summed E-state index contributed by atoms with van der Waals surface area (Å²) in [5.41, 5.74) is 3.33. The Balaban J connectivity index is 0.00000240. The van der Waals surface area contributed by atoms with Crippen molar-refractivity contribution < 1.29 is 9.47 Å². The fourth-order valence-corrected chi connectivity index (χ4v) is 3.04. The molecule has 0 unspecified atom stereocenters. The number of hydrogen-bond donors (Lipinski definition) is 2. The van der Waals surface area contributed by atoms with Crippen molar-refractivity contribution >= 4 is 29.9 Å². The van der Waals surface area contributed by atoms with Crippen LogP contribution in [0.4, 0.5) is 0 Å². The molecule has 0 atom stereocenters. The van der Waals surface area contributed by atoms with Gasteiger partial charge in [0.15, 0.2) is 17.5 Å². The molecule has 1 aliphatic rings. The van der Waals surface area contributed by atoms with Gasteiger partial charge in [0.1, 0.15) is 0 Å². The number of nitrogens with zero attached hydrogens (tertiary/aromatic N) is 3. The van der Waals surface area contributed by atoms with Gasteiger partial charge in [-0.3, -0.25) is 0 Å². The predicted octanol–water partition coefficient (Wildman–Crippen LogP) is 3.47. The first-order chi connectivity index (χ1) is 13.8. The number of para-hydroxylation sites is 1. The number of guanidine groups is 1. The van der Waals surface area contributed by atoms with Crippen LogP contribution >= 0.6 is 24.0 Å². The minimum absolute atomic E-state index is 0. The number of nitrogens with one attached hydrogen (secondary N) is 2. The lowest BCUT2D eigenvalue weighted by Gasteiger charge is -2.14. The molecular weight excluding hydrogens is 481 g/mol. The van der Waals surface area contributed by atoms with E-state index in [0.717, 1.165) is 40.8 Å². The summed E-state index contributed by atoms with van der Waals surface area (Å²) in [4.78, 5) is 8.83. The summed E-state index contributed by atoms with van der Waals surface area (Å²) >= 11 is 0. The number of imidazole rings is 1. The van der Waals surface area contributed by atoms with E-state index in [1.165, 1.54) is 0 Å². The Morgan fingerprint density at radius 1 is 1.14 bits per heavy atom. The second-order valence-corrected chi connectivity index (χ2v) is 6.33. The van der Waals surface area contributed by atoms with E-state index in [1.54, 1.807) is 12.5 Å². The molecule has 2 heterocycles. The zero-order valence-electron chi connectivity index (χ0n) is 16.2. The number of ether oxygens (including phenoxy) is 2. The van der Waals surface area contributed by atoms with Crippen LogP contribution in [0, 0.1) is 0 Å². The van der Waals surface area contributed by atoms with Crippen molar-refractivity contribution in [2.75, 3.05) is 13.3 Å². The summed E-state index contributed by atoms with van der Waals surface area (Å²) in [7, 11) is 0. The van der Waals surface area contributed by atoms with Gasteiger partial charge in [-0.15, -0.1) is 24.0 Å². The van der Waals surface area contributed by atoms with Crippen LogP contribution in [0.2, 0.25) is 0 Å². The zero-order chi connectivity index (χ0) is 19.2. The average Bonchev–Trinajstić information content (AvgIpc) is 3.42. The highest BCUT2D eigenvalue weighted by atomic mass is 127. The molecule has 0 saturated heterocycles. The number of benzene rings is 2. The lowest BCUT2D eigenvalue weighted by atomic mass is 10.1. The van der Waals surface area contributed by atoms with E-state index < -0.39 is 0 Å². The van der Waals surface area contributed by atoms with Crippen LogP contribution in [-0.2, 0) is 13.1 Å². The van der Waals surface area contributed by atoms with Crippen molar-refractivity contribution in [3.05, 3.63) is 72.3 Å². The Morgan fingerprint density at radius 3 is 2.83 bits per heavy atom. The Kier molecular flexibility index (Phi) is 7.34. The number of rotatable bonds is 6. The molecule has 7 nitrogen and oxygen atoms in total. The molecule has 0 aliphatic carbocycles. The van der Waals surface area contributed by atoms with Gasteiger partial charge in [0, 0.05) is 25.5 Å². The lowest BCUT2D eigenvalue weighted by molar-refractivity contribution is 0.174. The zero-order valence-corrected chi connectivity index (χ0v) is 18.5. The van der Waals surface area contributed by atoms with Gasteiger partial charge in [0.25, 0.3) is 0 Å². The van der Waals surface area contributed by atoms with E-state index in [4.69, 9.17) is 14.5 Å². The molecule has 1 aliphatic heterocycles. The number of aliphatic imine (C=N–C) groups is 1. The first-order valence-corrected chi connectivity index (χ1v) is 9.30. The van der Waals surface area contributed by atoms with Crippen molar-refractivity contribution in [3.8, 4) is 17.2 Å². The van der Waals surface area contributed by atoms with Crippen molar-refractivity contribution in [1.29, 1.82) is 0 Å². The van der Waals surface area contributed by atoms with E-state index >= 15 is 0 Å². The molecule has 0 saturated carbocycles. The SMILES string of the molecule is CCNC(=NCc1ccc2c(c1)OCO2)NCc1ccccc1-n1ccnc1.I. The van der Waals surface area contributed by atoms with E-state index in [1.807, 2.05) is 41.1 Å². The minimum atomic E-state index is 0. The minimum Gasteiger partial charge on any atom is -0.454 e. The maximum Gasteiger partial charge on any atom is 0.231 e. The maximum atomic E-state index is 5.44.